The second-order valence-electron chi connectivity index (χ2n) is 0.712. The Morgan fingerprint density at radius 3 is 2.29 bits per heavy atom. The molecule has 0 N–H and O–H groups in total. The fourth-order valence-corrected chi connectivity index (χ4v) is 0.192. The maximum absolute atomic E-state index is 3.61. The van der Waals surface area contributed by atoms with E-state index in [1.54, 1.807) is 12.4 Å². The molecule has 1 aromatic rings. The minimum atomic E-state index is 0. The van der Waals surface area contributed by atoms with Crippen LogP contribution in [0.15, 0.2) is 18.7 Å². The van der Waals surface area contributed by atoms with Gasteiger partial charge >= 0.3 is 0 Å². The molecule has 0 bridgehead atoms. The van der Waals surface area contributed by atoms with E-state index in [4.69, 9.17) is 0 Å². The van der Waals surface area contributed by atoms with Crippen LogP contribution in [-0.4, -0.2) is 4.98 Å². The van der Waals surface area contributed by atoms with E-state index in [1.807, 2.05) is 0 Å². The van der Waals surface area contributed by atoms with Crippen molar-refractivity contribution in [2.24, 2.45) is 0 Å². The fraction of sp³-hybridized carbons (Fsp3) is 0. The third-order valence-corrected chi connectivity index (χ3v) is 0.372. The summed E-state index contributed by atoms with van der Waals surface area (Å²) in [4.78, 5) is 7.22. The maximum Gasteiger partial charge on any atom is 0 e. The molecule has 1 radical (unpaired) electrons. The predicted molar refractivity (Wildman–Crippen MR) is 17.6 cm³/mol. The number of imidazole rings is 1. The zero-order valence-electron chi connectivity index (χ0n) is 3.48. The largest absolute Gasteiger partial charge is 0.450 e. The summed E-state index contributed by atoms with van der Waals surface area (Å²) in [6, 6.07) is 0. The molecule has 0 saturated carbocycles. The van der Waals surface area contributed by atoms with Gasteiger partial charge in [-0.15, -0.1) is 0 Å². The smallest absolute Gasteiger partial charge is 0 e. The zero-order chi connectivity index (χ0) is 3.54. The first-order valence-electron chi connectivity index (χ1n) is 1.37. The number of rotatable bonds is 0. The summed E-state index contributed by atoms with van der Waals surface area (Å²) >= 11 is 0. The molecule has 0 aliphatic carbocycles. The molecule has 0 amide bonds. The minimum absolute atomic E-state index is 0. The van der Waals surface area contributed by atoms with Crippen molar-refractivity contribution in [1.29, 1.82) is 0 Å². The molecule has 1 heterocycles. The maximum atomic E-state index is 3.61. The van der Waals surface area contributed by atoms with Gasteiger partial charge in [-0.25, -0.2) is 0 Å². The molecule has 0 saturated heterocycles. The quantitative estimate of drug-likeness (QED) is 0.676. The molecule has 0 unspecified atom stereocenters. The van der Waals surface area contributed by atoms with Gasteiger partial charge in [0.15, 0.2) is 0 Å². The average Bonchev–Trinajstić information content (AvgIpc) is 1.76. The minimum Gasteiger partial charge on any atom is -0.450 e. The van der Waals surface area contributed by atoms with Crippen molar-refractivity contribution in [2.45, 2.75) is 0 Å². The molecular formula is C3H3N2VW-. The Hall–Kier alpha value is 0.483. The third kappa shape index (κ3) is 4.33. The molecule has 2 nitrogen and oxygen atoms in total. The van der Waals surface area contributed by atoms with Gasteiger partial charge in [0.25, 0.3) is 0 Å². The summed E-state index contributed by atoms with van der Waals surface area (Å²) < 4.78 is 0. The van der Waals surface area contributed by atoms with E-state index >= 15 is 0 Å². The summed E-state index contributed by atoms with van der Waals surface area (Å²) in [5.41, 5.74) is 0. The molecule has 37 valence electrons. The second kappa shape index (κ2) is 6.48. The van der Waals surface area contributed by atoms with Crippen LogP contribution in [0.5, 0.6) is 0 Å². The van der Waals surface area contributed by atoms with E-state index in [9.17, 15) is 0 Å². The zero-order valence-corrected chi connectivity index (χ0v) is 7.81. The van der Waals surface area contributed by atoms with Crippen molar-refractivity contribution >= 4 is 0 Å². The number of hydrogen-bond donors (Lipinski definition) is 0. The van der Waals surface area contributed by atoms with Crippen molar-refractivity contribution in [1.82, 2.24) is 9.97 Å². The van der Waals surface area contributed by atoms with Crippen LogP contribution in [0, 0.1) is 0 Å². The van der Waals surface area contributed by atoms with E-state index in [-0.39, 0.29) is 39.6 Å². The molecule has 0 aliphatic heterocycles. The van der Waals surface area contributed by atoms with Crippen LogP contribution in [0.1, 0.15) is 0 Å². The van der Waals surface area contributed by atoms with E-state index in [1.165, 1.54) is 6.33 Å². The summed E-state index contributed by atoms with van der Waals surface area (Å²) in [5, 5.41) is 0. The van der Waals surface area contributed by atoms with E-state index in [0.717, 1.165) is 0 Å². The predicted octanol–water partition coefficient (Wildman–Crippen LogP) is 0.0338. The van der Waals surface area contributed by atoms with Crippen LogP contribution >= 0.6 is 0 Å². The van der Waals surface area contributed by atoms with Gasteiger partial charge in [0.1, 0.15) is 0 Å². The first kappa shape index (κ1) is 10.5. The van der Waals surface area contributed by atoms with Crippen molar-refractivity contribution in [3.05, 3.63) is 18.7 Å². The molecule has 1 rings (SSSR count). The Labute approximate surface area is 68.3 Å². The van der Waals surface area contributed by atoms with Gasteiger partial charge in [-0.1, -0.05) is 18.7 Å². The molecule has 0 fully saturated rings. The molecule has 0 spiro atoms. The number of nitrogens with zero attached hydrogens (tertiary/aromatic N) is 2. The van der Waals surface area contributed by atoms with Crippen molar-refractivity contribution in [2.75, 3.05) is 0 Å². The van der Waals surface area contributed by atoms with Crippen molar-refractivity contribution < 1.29 is 39.6 Å². The van der Waals surface area contributed by atoms with Crippen LogP contribution in [0.4, 0.5) is 0 Å². The summed E-state index contributed by atoms with van der Waals surface area (Å²) in [5.74, 6) is 0. The van der Waals surface area contributed by atoms with Gasteiger partial charge in [0, 0.05) is 39.6 Å². The Morgan fingerprint density at radius 2 is 2.14 bits per heavy atom. The van der Waals surface area contributed by atoms with Crippen molar-refractivity contribution in [3.8, 4) is 0 Å². The van der Waals surface area contributed by atoms with Gasteiger partial charge in [0.05, 0.1) is 0 Å². The van der Waals surface area contributed by atoms with E-state index < -0.39 is 0 Å². The standard InChI is InChI=1S/C3H3N2.V.W/c1-2-5-3-4-1;;/h1-3H;;/q-1;;. The molecule has 0 aromatic carbocycles. The third-order valence-electron chi connectivity index (χ3n) is 0.372. The Bertz CT molecular complexity index is 69.4. The normalized spacial score (nSPS) is 5.71. The number of aromatic nitrogens is 2. The molecule has 4 heteroatoms. The van der Waals surface area contributed by atoms with Gasteiger partial charge in [-0.05, 0) is 0 Å². The number of hydrogen-bond acceptors (Lipinski definition) is 1. The van der Waals surface area contributed by atoms with Crippen LogP contribution in [0.25, 0.3) is 0 Å². The van der Waals surface area contributed by atoms with Crippen molar-refractivity contribution in [3.63, 3.8) is 0 Å². The van der Waals surface area contributed by atoms with Crippen LogP contribution < -0.4 is 4.98 Å². The Kier molecular flexibility index (Phi) is 9.69. The van der Waals surface area contributed by atoms with E-state index in [2.05, 4.69) is 9.97 Å². The average molecular weight is 302 g/mol. The first-order chi connectivity index (χ1) is 2.50. The second-order valence-corrected chi connectivity index (χ2v) is 0.712. The van der Waals surface area contributed by atoms with Crippen LogP contribution in [0.3, 0.4) is 0 Å². The summed E-state index contributed by atoms with van der Waals surface area (Å²) in [6.45, 7) is 0. The molecular weight excluding hydrogens is 299 g/mol. The topological polar surface area (TPSA) is 27.0 Å². The Morgan fingerprint density at radius 1 is 1.43 bits per heavy atom. The summed E-state index contributed by atoms with van der Waals surface area (Å²) in [7, 11) is 0. The summed E-state index contributed by atoms with van der Waals surface area (Å²) in [6.07, 6.45) is 4.78. The molecule has 0 atom stereocenters. The molecule has 7 heavy (non-hydrogen) atoms. The van der Waals surface area contributed by atoms with E-state index in [0.29, 0.717) is 0 Å². The fourth-order valence-electron chi connectivity index (χ4n) is 0.192. The Balaban J connectivity index is 0. The van der Waals surface area contributed by atoms with Gasteiger partial charge in [0.2, 0.25) is 0 Å². The monoisotopic (exact) mass is 302 g/mol. The van der Waals surface area contributed by atoms with Crippen LogP contribution in [0.2, 0.25) is 0 Å². The van der Waals surface area contributed by atoms with Gasteiger partial charge in [-0.3, -0.25) is 0 Å². The molecule has 0 aliphatic rings. The van der Waals surface area contributed by atoms with Gasteiger partial charge < -0.3 is 9.97 Å². The SMILES string of the molecule is [V].[W].c1c[n-]cn1. The molecule has 1 aromatic heterocycles. The van der Waals surface area contributed by atoms with Gasteiger partial charge in [-0.2, -0.15) is 0 Å². The first-order valence-corrected chi connectivity index (χ1v) is 1.37. The van der Waals surface area contributed by atoms with Crippen LogP contribution in [-0.2, 0) is 39.6 Å².